The molecule has 1 aliphatic heterocycles. The molecule has 1 aromatic carbocycles. The highest BCUT2D eigenvalue weighted by molar-refractivity contribution is 5.68. The molecular formula is C19H31N3O2. The van der Waals surface area contributed by atoms with E-state index >= 15 is 0 Å². The van der Waals surface area contributed by atoms with Gasteiger partial charge in [0.2, 0.25) is 0 Å². The summed E-state index contributed by atoms with van der Waals surface area (Å²) in [4.78, 5) is 12.1. The van der Waals surface area contributed by atoms with Crippen LogP contribution in [0.4, 0.5) is 4.79 Å². The molecule has 1 heterocycles. The summed E-state index contributed by atoms with van der Waals surface area (Å²) < 4.78 is 5.40. The molecule has 1 aliphatic rings. The van der Waals surface area contributed by atoms with E-state index in [2.05, 4.69) is 16.0 Å². The fraction of sp³-hybridized carbons (Fsp3) is 0.632. The lowest BCUT2D eigenvalue weighted by Gasteiger charge is -2.26. The van der Waals surface area contributed by atoms with Gasteiger partial charge in [0.1, 0.15) is 5.60 Å². The van der Waals surface area contributed by atoms with Crippen LogP contribution in [0.25, 0.3) is 0 Å². The lowest BCUT2D eigenvalue weighted by Crippen LogP contribution is -2.41. The minimum atomic E-state index is -0.492. The molecule has 1 aromatic rings. The minimum Gasteiger partial charge on any atom is -0.444 e. The average molecular weight is 333 g/mol. The molecule has 1 atom stereocenters. The van der Waals surface area contributed by atoms with E-state index in [1.165, 1.54) is 12.8 Å². The molecule has 0 radical (unpaired) electrons. The molecule has 24 heavy (non-hydrogen) atoms. The Hall–Kier alpha value is -1.59. The summed E-state index contributed by atoms with van der Waals surface area (Å²) in [7, 11) is 0. The number of carbonyl (C=O) groups is 1. The van der Waals surface area contributed by atoms with E-state index in [0.29, 0.717) is 12.5 Å². The Morgan fingerprint density at radius 1 is 1.25 bits per heavy atom. The van der Waals surface area contributed by atoms with Crippen molar-refractivity contribution in [3.8, 4) is 0 Å². The highest BCUT2D eigenvalue weighted by Crippen LogP contribution is 2.15. The van der Waals surface area contributed by atoms with Gasteiger partial charge in [0.15, 0.2) is 0 Å². The van der Waals surface area contributed by atoms with E-state index in [9.17, 15) is 4.79 Å². The van der Waals surface area contributed by atoms with Crippen LogP contribution < -0.4 is 16.0 Å². The first-order valence-electron chi connectivity index (χ1n) is 8.90. The predicted octanol–water partition coefficient (Wildman–Crippen LogP) is 2.84. The fourth-order valence-corrected chi connectivity index (χ4v) is 2.91. The van der Waals surface area contributed by atoms with Gasteiger partial charge in [0.05, 0.1) is 6.04 Å². The van der Waals surface area contributed by atoms with Crippen molar-refractivity contribution in [2.75, 3.05) is 26.2 Å². The quantitative estimate of drug-likeness (QED) is 0.749. The normalized spacial score (nSPS) is 17.3. The smallest absolute Gasteiger partial charge is 0.408 e. The van der Waals surface area contributed by atoms with Crippen molar-refractivity contribution in [3.63, 3.8) is 0 Å². The molecule has 5 nitrogen and oxygen atoms in total. The van der Waals surface area contributed by atoms with Crippen molar-refractivity contribution in [2.45, 2.75) is 45.3 Å². The van der Waals surface area contributed by atoms with Gasteiger partial charge in [-0.1, -0.05) is 30.3 Å². The van der Waals surface area contributed by atoms with Crippen LogP contribution in [0, 0.1) is 5.92 Å². The summed E-state index contributed by atoms with van der Waals surface area (Å²) in [5, 5.41) is 9.90. The van der Waals surface area contributed by atoms with Crippen LogP contribution in [0.15, 0.2) is 30.3 Å². The summed E-state index contributed by atoms with van der Waals surface area (Å²) in [5.74, 6) is 0.712. The third-order valence-corrected chi connectivity index (χ3v) is 4.13. The fourth-order valence-electron chi connectivity index (χ4n) is 2.91. The van der Waals surface area contributed by atoms with E-state index in [1.54, 1.807) is 0 Å². The topological polar surface area (TPSA) is 62.4 Å². The zero-order valence-electron chi connectivity index (χ0n) is 15.1. The van der Waals surface area contributed by atoms with Gasteiger partial charge < -0.3 is 20.7 Å². The van der Waals surface area contributed by atoms with Gasteiger partial charge >= 0.3 is 6.09 Å². The number of amides is 1. The molecule has 0 bridgehead atoms. The third kappa shape index (κ3) is 6.89. The number of benzene rings is 1. The number of alkyl carbamates (subject to hydrolysis) is 1. The Bertz CT molecular complexity index is 493. The Labute approximate surface area is 145 Å². The van der Waals surface area contributed by atoms with Gasteiger partial charge in [-0.2, -0.15) is 0 Å². The Morgan fingerprint density at radius 2 is 1.92 bits per heavy atom. The van der Waals surface area contributed by atoms with Gasteiger partial charge in [-0.15, -0.1) is 0 Å². The highest BCUT2D eigenvalue weighted by Gasteiger charge is 2.21. The Balaban J connectivity index is 1.89. The lowest BCUT2D eigenvalue weighted by atomic mass is 9.98. The maximum Gasteiger partial charge on any atom is 0.408 e. The van der Waals surface area contributed by atoms with Gasteiger partial charge in [0, 0.05) is 6.54 Å². The van der Waals surface area contributed by atoms with Crippen molar-refractivity contribution >= 4 is 6.09 Å². The molecule has 134 valence electrons. The Morgan fingerprint density at radius 3 is 2.54 bits per heavy atom. The summed E-state index contributed by atoms with van der Waals surface area (Å²) in [6.07, 6.45) is 2.05. The molecule has 1 amide bonds. The van der Waals surface area contributed by atoms with Crippen LogP contribution in [-0.2, 0) is 4.74 Å². The number of piperidine rings is 1. The maximum absolute atomic E-state index is 12.1. The van der Waals surface area contributed by atoms with Gasteiger partial charge in [-0.05, 0) is 64.7 Å². The van der Waals surface area contributed by atoms with E-state index in [4.69, 9.17) is 4.74 Å². The second-order valence-corrected chi connectivity index (χ2v) is 7.46. The lowest BCUT2D eigenvalue weighted by molar-refractivity contribution is 0.0503. The zero-order valence-corrected chi connectivity index (χ0v) is 15.1. The second-order valence-electron chi connectivity index (χ2n) is 7.46. The molecule has 0 spiro atoms. The summed E-state index contributed by atoms with van der Waals surface area (Å²) >= 11 is 0. The second kappa shape index (κ2) is 9.04. The molecule has 1 unspecified atom stereocenters. The molecule has 5 heteroatoms. The van der Waals surface area contributed by atoms with Crippen LogP contribution in [0.5, 0.6) is 0 Å². The van der Waals surface area contributed by atoms with E-state index in [1.807, 2.05) is 51.1 Å². The standard InChI is InChI=1S/C19H31N3O2/c1-19(2,3)24-18(23)22-17(16-7-5-4-6-8-16)14-21-13-15-9-11-20-12-10-15/h4-8,15,17,20-21H,9-14H2,1-3H3,(H,22,23). The monoisotopic (exact) mass is 333 g/mol. The number of hydrogen-bond donors (Lipinski definition) is 3. The number of rotatable bonds is 6. The van der Waals surface area contributed by atoms with Crippen molar-refractivity contribution < 1.29 is 9.53 Å². The van der Waals surface area contributed by atoms with Gasteiger partial charge in [-0.25, -0.2) is 4.79 Å². The minimum absolute atomic E-state index is 0.0947. The first-order valence-corrected chi connectivity index (χ1v) is 8.90. The third-order valence-electron chi connectivity index (χ3n) is 4.13. The molecule has 2 rings (SSSR count). The average Bonchev–Trinajstić information content (AvgIpc) is 2.54. The summed E-state index contributed by atoms with van der Waals surface area (Å²) in [6, 6.07) is 9.94. The highest BCUT2D eigenvalue weighted by atomic mass is 16.6. The van der Waals surface area contributed by atoms with Gasteiger partial charge in [0.25, 0.3) is 0 Å². The number of carbonyl (C=O) groups excluding carboxylic acids is 1. The number of hydrogen-bond acceptors (Lipinski definition) is 4. The van der Waals surface area contributed by atoms with Crippen LogP contribution in [0.2, 0.25) is 0 Å². The first-order chi connectivity index (χ1) is 11.4. The van der Waals surface area contributed by atoms with Gasteiger partial charge in [-0.3, -0.25) is 0 Å². The van der Waals surface area contributed by atoms with Crippen molar-refractivity contribution in [2.24, 2.45) is 5.92 Å². The first kappa shape index (κ1) is 18.7. The largest absolute Gasteiger partial charge is 0.444 e. The predicted molar refractivity (Wildman–Crippen MR) is 97.0 cm³/mol. The van der Waals surface area contributed by atoms with E-state index in [-0.39, 0.29) is 12.1 Å². The summed E-state index contributed by atoms with van der Waals surface area (Å²) in [6.45, 7) is 9.52. The van der Waals surface area contributed by atoms with Crippen LogP contribution in [0.3, 0.4) is 0 Å². The molecule has 0 aliphatic carbocycles. The van der Waals surface area contributed by atoms with E-state index < -0.39 is 5.60 Å². The zero-order chi connectivity index (χ0) is 17.4. The molecule has 1 saturated heterocycles. The molecule has 0 saturated carbocycles. The van der Waals surface area contributed by atoms with Crippen molar-refractivity contribution in [1.82, 2.24) is 16.0 Å². The van der Waals surface area contributed by atoms with Crippen molar-refractivity contribution in [3.05, 3.63) is 35.9 Å². The molecule has 1 fully saturated rings. The molecule has 3 N–H and O–H groups in total. The SMILES string of the molecule is CC(C)(C)OC(=O)NC(CNCC1CCNCC1)c1ccccc1. The molecule has 0 aromatic heterocycles. The maximum atomic E-state index is 12.1. The van der Waals surface area contributed by atoms with E-state index in [0.717, 1.165) is 25.2 Å². The molecular weight excluding hydrogens is 302 g/mol. The summed E-state index contributed by atoms with van der Waals surface area (Å²) in [5.41, 5.74) is 0.592. The van der Waals surface area contributed by atoms with Crippen LogP contribution >= 0.6 is 0 Å². The number of nitrogens with one attached hydrogen (secondary N) is 3. The Kier molecular flexibility index (Phi) is 7.06. The van der Waals surface area contributed by atoms with Crippen LogP contribution in [-0.4, -0.2) is 37.9 Å². The number of ether oxygens (including phenoxy) is 1. The van der Waals surface area contributed by atoms with Crippen LogP contribution in [0.1, 0.15) is 45.2 Å². The van der Waals surface area contributed by atoms with Crippen molar-refractivity contribution in [1.29, 1.82) is 0 Å².